The Kier molecular flexibility index (Phi) is 6.69. The molecule has 0 aliphatic rings. The van der Waals surface area contributed by atoms with Crippen LogP contribution < -0.4 is 29.9 Å². The normalized spacial score (nSPS) is 11.7. The van der Waals surface area contributed by atoms with Crippen LogP contribution in [-0.2, 0) is 6.42 Å². The summed E-state index contributed by atoms with van der Waals surface area (Å²) in [7, 11) is 3.08. The fourth-order valence-corrected chi connectivity index (χ4v) is 4.23. The molecule has 33 heavy (non-hydrogen) atoms. The van der Waals surface area contributed by atoms with Gasteiger partial charge in [0.1, 0.15) is 11.4 Å². The fourth-order valence-electron chi connectivity index (χ4n) is 3.34. The minimum Gasteiger partial charge on any atom is -0.494 e. The molecule has 8 nitrogen and oxygen atoms in total. The van der Waals surface area contributed by atoms with Gasteiger partial charge >= 0.3 is 0 Å². The highest BCUT2D eigenvalue weighted by Gasteiger charge is 2.13. The maximum atomic E-state index is 13.0. The van der Waals surface area contributed by atoms with Crippen molar-refractivity contribution < 1.29 is 14.2 Å². The average Bonchev–Trinajstić information content (AvgIpc) is 3.12. The van der Waals surface area contributed by atoms with Crippen LogP contribution in [0, 0.1) is 0 Å². The summed E-state index contributed by atoms with van der Waals surface area (Å²) >= 11 is 1.10. The van der Waals surface area contributed by atoms with Crippen molar-refractivity contribution in [3.63, 3.8) is 0 Å². The smallest absolute Gasteiger partial charge is 0.296 e. The zero-order valence-electron chi connectivity index (χ0n) is 18.5. The summed E-state index contributed by atoms with van der Waals surface area (Å²) in [5.41, 5.74) is 0.954. The molecule has 0 saturated carbocycles. The third-order valence-corrected chi connectivity index (χ3v) is 5.90. The van der Waals surface area contributed by atoms with Gasteiger partial charge in [-0.3, -0.25) is 9.59 Å². The Balaban J connectivity index is 1.71. The molecule has 9 heteroatoms. The topological polar surface area (TPSA) is 92.0 Å². The zero-order valence-corrected chi connectivity index (χ0v) is 19.3. The maximum Gasteiger partial charge on any atom is 0.296 e. The summed E-state index contributed by atoms with van der Waals surface area (Å²) in [5, 5.41) is 4.31. The lowest BCUT2D eigenvalue weighted by molar-refractivity contribution is 0.317. The molecular formula is C24H23N3O5S. The molecular weight excluding hydrogens is 442 g/mol. The molecule has 0 aliphatic carbocycles. The molecule has 0 bridgehead atoms. The maximum absolute atomic E-state index is 13.0. The average molecular weight is 466 g/mol. The molecule has 2 heterocycles. The van der Waals surface area contributed by atoms with Crippen LogP contribution in [0.5, 0.6) is 17.2 Å². The Hall–Kier alpha value is -3.72. The van der Waals surface area contributed by atoms with E-state index in [4.69, 9.17) is 14.2 Å². The van der Waals surface area contributed by atoms with Gasteiger partial charge in [0.2, 0.25) is 4.96 Å². The minimum absolute atomic E-state index is 0.204. The molecule has 0 atom stereocenters. The van der Waals surface area contributed by atoms with Gasteiger partial charge in [0.15, 0.2) is 11.5 Å². The monoisotopic (exact) mass is 465 g/mol. The number of fused-ring (bicyclic) bond motifs is 1. The molecule has 0 aliphatic heterocycles. The number of thiazole rings is 1. The number of para-hydroxylation sites is 1. The molecule has 170 valence electrons. The van der Waals surface area contributed by atoms with E-state index in [-0.39, 0.29) is 22.6 Å². The van der Waals surface area contributed by atoms with Gasteiger partial charge in [0.25, 0.3) is 11.1 Å². The first kappa shape index (κ1) is 22.5. The first-order chi connectivity index (χ1) is 16.0. The van der Waals surface area contributed by atoms with Crippen molar-refractivity contribution in [1.82, 2.24) is 14.6 Å². The molecule has 4 aromatic rings. The first-order valence-corrected chi connectivity index (χ1v) is 11.2. The fraction of sp³-hybridized carbons (Fsp3) is 0.250. The van der Waals surface area contributed by atoms with Crippen LogP contribution in [0.1, 0.15) is 30.2 Å². The summed E-state index contributed by atoms with van der Waals surface area (Å²) in [6, 6.07) is 12.9. The van der Waals surface area contributed by atoms with Crippen LogP contribution in [0.3, 0.4) is 0 Å². The van der Waals surface area contributed by atoms with E-state index < -0.39 is 5.56 Å². The van der Waals surface area contributed by atoms with E-state index in [0.29, 0.717) is 28.2 Å². The number of nitrogens with zero attached hydrogens (tertiary/aromatic N) is 3. The minimum atomic E-state index is -0.451. The molecule has 0 radical (unpaired) electrons. The van der Waals surface area contributed by atoms with Crippen LogP contribution in [0.25, 0.3) is 11.0 Å². The quantitative estimate of drug-likeness (QED) is 0.395. The highest BCUT2D eigenvalue weighted by atomic mass is 32.1. The molecule has 0 amide bonds. The Bertz CT molecular complexity index is 1440. The van der Waals surface area contributed by atoms with E-state index in [0.717, 1.165) is 29.1 Å². The number of hydrogen-bond donors (Lipinski definition) is 0. The Morgan fingerprint density at radius 2 is 1.85 bits per heavy atom. The van der Waals surface area contributed by atoms with Crippen LogP contribution in [0.15, 0.2) is 52.1 Å². The van der Waals surface area contributed by atoms with Crippen molar-refractivity contribution in [2.24, 2.45) is 0 Å². The van der Waals surface area contributed by atoms with Gasteiger partial charge in [-0.25, -0.2) is 0 Å². The van der Waals surface area contributed by atoms with Crippen molar-refractivity contribution in [2.75, 3.05) is 20.8 Å². The zero-order chi connectivity index (χ0) is 23.4. The van der Waals surface area contributed by atoms with Gasteiger partial charge in [-0.05, 0) is 36.3 Å². The van der Waals surface area contributed by atoms with Gasteiger partial charge in [-0.1, -0.05) is 42.5 Å². The molecule has 0 saturated heterocycles. The van der Waals surface area contributed by atoms with Crippen LogP contribution in [0.2, 0.25) is 0 Å². The standard InChI is InChI=1S/C24H23N3O5S/c1-4-12-32-17-10-8-15(9-11-17)13-18-22(28)25-24-27(26-18)23(29)20(33-24)14-16-6-5-7-19(30-2)21(16)31-3/h5-11,14H,4,12-13H2,1-3H3/b20-14+. The van der Waals surface area contributed by atoms with E-state index in [1.54, 1.807) is 25.3 Å². The van der Waals surface area contributed by atoms with Gasteiger partial charge < -0.3 is 14.2 Å². The highest BCUT2D eigenvalue weighted by Crippen LogP contribution is 2.31. The van der Waals surface area contributed by atoms with Gasteiger partial charge in [-0.15, -0.1) is 0 Å². The lowest BCUT2D eigenvalue weighted by Crippen LogP contribution is -2.28. The number of hydrogen-bond acceptors (Lipinski definition) is 8. The number of methoxy groups -OCH3 is 2. The summed E-state index contributed by atoms with van der Waals surface area (Å²) in [6.45, 7) is 2.69. The molecule has 0 fully saturated rings. The van der Waals surface area contributed by atoms with E-state index >= 15 is 0 Å². The largest absolute Gasteiger partial charge is 0.494 e. The van der Waals surface area contributed by atoms with Crippen molar-refractivity contribution in [3.8, 4) is 17.2 Å². The number of ether oxygens (including phenoxy) is 3. The second kappa shape index (κ2) is 9.83. The summed E-state index contributed by atoms with van der Waals surface area (Å²) in [5.74, 6) is 1.84. The van der Waals surface area contributed by atoms with Gasteiger partial charge in [-0.2, -0.15) is 14.6 Å². The Morgan fingerprint density at radius 1 is 1.06 bits per heavy atom. The molecule has 0 spiro atoms. The number of rotatable bonds is 8. The van der Waals surface area contributed by atoms with Crippen molar-refractivity contribution in [1.29, 1.82) is 0 Å². The van der Waals surface area contributed by atoms with Crippen LogP contribution >= 0.6 is 11.3 Å². The number of benzene rings is 2. The van der Waals surface area contributed by atoms with Crippen molar-refractivity contribution in [3.05, 3.63) is 84.5 Å². The predicted octanol–water partition coefficient (Wildman–Crippen LogP) is 2.46. The lowest BCUT2D eigenvalue weighted by Gasteiger charge is -2.09. The van der Waals surface area contributed by atoms with E-state index in [1.807, 2.05) is 37.3 Å². The summed E-state index contributed by atoms with van der Waals surface area (Å²) in [6.07, 6.45) is 2.88. The molecule has 0 unspecified atom stereocenters. The van der Waals surface area contributed by atoms with E-state index in [9.17, 15) is 9.59 Å². The van der Waals surface area contributed by atoms with E-state index in [2.05, 4.69) is 10.1 Å². The van der Waals surface area contributed by atoms with Crippen molar-refractivity contribution >= 4 is 22.4 Å². The lowest BCUT2D eigenvalue weighted by atomic mass is 10.1. The van der Waals surface area contributed by atoms with Crippen molar-refractivity contribution in [2.45, 2.75) is 19.8 Å². The summed E-state index contributed by atoms with van der Waals surface area (Å²) < 4.78 is 17.9. The second-order valence-electron chi connectivity index (χ2n) is 7.23. The third kappa shape index (κ3) is 4.73. The highest BCUT2D eigenvalue weighted by molar-refractivity contribution is 7.15. The summed E-state index contributed by atoms with van der Waals surface area (Å²) in [4.78, 5) is 29.9. The van der Waals surface area contributed by atoms with Gasteiger partial charge in [0.05, 0.1) is 25.4 Å². The first-order valence-electron chi connectivity index (χ1n) is 10.4. The second-order valence-corrected chi connectivity index (χ2v) is 8.23. The predicted molar refractivity (Wildman–Crippen MR) is 127 cm³/mol. The van der Waals surface area contributed by atoms with Crippen LogP contribution in [-0.4, -0.2) is 35.4 Å². The number of aromatic nitrogens is 3. The van der Waals surface area contributed by atoms with Gasteiger partial charge in [0, 0.05) is 12.0 Å². The SMILES string of the molecule is CCCOc1ccc(Cc2nn3c(=O)/c(=C\c4cccc(OC)c4OC)sc3nc2=O)cc1. The molecule has 2 aromatic heterocycles. The Labute approximate surface area is 193 Å². The third-order valence-electron chi connectivity index (χ3n) is 4.94. The van der Waals surface area contributed by atoms with E-state index in [1.165, 1.54) is 11.6 Å². The molecule has 4 rings (SSSR count). The van der Waals surface area contributed by atoms with Crippen LogP contribution in [0.4, 0.5) is 0 Å². The Morgan fingerprint density at radius 3 is 2.55 bits per heavy atom. The molecule has 2 aromatic carbocycles. The molecule has 0 N–H and O–H groups in total.